The van der Waals surface area contributed by atoms with Gasteiger partial charge in [0.15, 0.2) is 0 Å². The monoisotopic (exact) mass is 412 g/mol. The average molecular weight is 413 g/mol. The summed E-state index contributed by atoms with van der Waals surface area (Å²) in [5, 5.41) is 1.68. The molecule has 0 nitrogen and oxygen atoms in total. The first-order valence-corrected chi connectivity index (χ1v) is 19.6. The molecule has 0 aliphatic rings. The van der Waals surface area contributed by atoms with Crippen LogP contribution in [0.4, 0.5) is 0 Å². The van der Waals surface area contributed by atoms with E-state index in [4.69, 9.17) is 0 Å². The largest absolute Gasteiger partial charge is 3.00 e. The van der Waals surface area contributed by atoms with Crippen LogP contribution in [-0.4, -0.2) is 24.2 Å². The molecule has 1 rings (SSSR count). The van der Waals surface area contributed by atoms with Gasteiger partial charge in [0.25, 0.3) is 0 Å². The van der Waals surface area contributed by atoms with Crippen LogP contribution in [0.1, 0.15) is 22.3 Å². The van der Waals surface area contributed by atoms with E-state index < -0.39 is 24.2 Å². The Labute approximate surface area is 176 Å². The van der Waals surface area contributed by atoms with Crippen LogP contribution in [0.3, 0.4) is 0 Å². The quantitative estimate of drug-likeness (QED) is 0.361. The number of hydrogen-bond acceptors (Lipinski definition) is 0. The Morgan fingerprint density at radius 2 is 0.917 bits per heavy atom. The van der Waals surface area contributed by atoms with Gasteiger partial charge in [0.05, 0.1) is 8.07 Å². The fourth-order valence-electron chi connectivity index (χ4n) is 2.34. The summed E-state index contributed by atoms with van der Waals surface area (Å²) in [5.74, 6) is 0. The molecule has 0 aromatic heterocycles. The standard InChI is InChI=1S/C12H21Si.2C4H11Si.Sc/c1-8-9(2)11(4)12(10(8)3)13(5,6)7;2*1-5(2,3)4;/h1-7H3;2*1H2,2-4H3;/q3*-1;+3. The zero-order valence-corrected chi connectivity index (χ0v) is 23.8. The summed E-state index contributed by atoms with van der Waals surface area (Å²) in [6.07, 6.45) is 0. The summed E-state index contributed by atoms with van der Waals surface area (Å²) in [6.45, 7) is 37.5. The molecule has 0 bridgehead atoms. The van der Waals surface area contributed by atoms with Gasteiger partial charge in [0.2, 0.25) is 0 Å². The van der Waals surface area contributed by atoms with Gasteiger partial charge in [-0.3, -0.25) is 0 Å². The van der Waals surface area contributed by atoms with Crippen LogP contribution in [0.5, 0.6) is 0 Å². The van der Waals surface area contributed by atoms with Crippen molar-refractivity contribution in [3.63, 3.8) is 0 Å². The minimum absolute atomic E-state index is 0. The van der Waals surface area contributed by atoms with E-state index >= 15 is 0 Å². The Hall–Kier alpha value is 0.871. The normalized spacial score (nSPS) is 11.6. The van der Waals surface area contributed by atoms with Crippen LogP contribution in [-0.2, 0) is 25.8 Å². The van der Waals surface area contributed by atoms with Crippen LogP contribution in [0.25, 0.3) is 0 Å². The van der Waals surface area contributed by atoms with Gasteiger partial charge in [0.1, 0.15) is 0 Å². The second-order valence-corrected chi connectivity index (χ2v) is 25.5. The molecule has 0 saturated carbocycles. The minimum atomic E-state index is -1.13. The molecule has 0 saturated heterocycles. The van der Waals surface area contributed by atoms with Crippen molar-refractivity contribution < 1.29 is 25.8 Å². The van der Waals surface area contributed by atoms with Crippen molar-refractivity contribution >= 4 is 29.4 Å². The van der Waals surface area contributed by atoms with E-state index in [1.165, 1.54) is 11.1 Å². The zero-order chi connectivity index (χ0) is 19.4. The summed E-state index contributed by atoms with van der Waals surface area (Å²) in [5.41, 5.74) is 6.12. The molecule has 0 amide bonds. The average Bonchev–Trinajstić information content (AvgIpc) is 2.37. The molecule has 0 spiro atoms. The minimum Gasteiger partial charge on any atom is -0.342 e. The van der Waals surface area contributed by atoms with Crippen LogP contribution >= 0.6 is 0 Å². The summed E-state index contributed by atoms with van der Waals surface area (Å²) in [7, 11) is -2.86. The fourth-order valence-corrected chi connectivity index (χ4v) is 4.97. The Bertz CT molecular complexity index is 431. The van der Waals surface area contributed by atoms with Gasteiger partial charge in [-0.05, 0) is 0 Å². The van der Waals surface area contributed by atoms with Crippen LogP contribution < -0.4 is 5.19 Å². The molecule has 1 aromatic carbocycles. The van der Waals surface area contributed by atoms with Crippen molar-refractivity contribution in [2.45, 2.75) is 86.6 Å². The molecule has 0 aliphatic carbocycles. The van der Waals surface area contributed by atoms with E-state index in [-0.39, 0.29) is 25.8 Å². The maximum Gasteiger partial charge on any atom is 3.00 e. The predicted molar refractivity (Wildman–Crippen MR) is 121 cm³/mol. The zero-order valence-electron chi connectivity index (χ0n) is 19.0. The SMILES string of the molecule is Cc1c(C)c([Si](C)(C)C)[c-](C)c1C.[CH2-][Si](C)(C)C.[CH2-][Si](C)(C)C.[Sc+3]. The summed E-state index contributed by atoms with van der Waals surface area (Å²) in [6, 6.07) is 0. The van der Waals surface area contributed by atoms with Gasteiger partial charge in [-0.2, -0.15) is 27.4 Å². The van der Waals surface area contributed by atoms with Crippen LogP contribution in [0.15, 0.2) is 0 Å². The molecule has 4 heteroatoms. The first-order valence-electron chi connectivity index (χ1n) is 8.71. The first-order chi connectivity index (χ1) is 9.76. The third kappa shape index (κ3) is 15.2. The van der Waals surface area contributed by atoms with Crippen molar-refractivity contribution in [3.05, 3.63) is 35.3 Å². The van der Waals surface area contributed by atoms with Gasteiger partial charge in [-0.1, -0.05) is 86.6 Å². The van der Waals surface area contributed by atoms with Crippen molar-refractivity contribution in [3.8, 4) is 0 Å². The van der Waals surface area contributed by atoms with Gasteiger partial charge < -0.3 is 13.1 Å². The molecule has 24 heavy (non-hydrogen) atoms. The smallest absolute Gasteiger partial charge is 0.342 e. The van der Waals surface area contributed by atoms with Crippen molar-refractivity contribution in [1.29, 1.82) is 0 Å². The van der Waals surface area contributed by atoms with E-state index in [9.17, 15) is 0 Å². The van der Waals surface area contributed by atoms with Crippen LogP contribution in [0, 0.1) is 40.8 Å². The number of rotatable bonds is 1. The third-order valence-electron chi connectivity index (χ3n) is 3.19. The molecule has 0 radical (unpaired) electrons. The molecule has 0 atom stereocenters. The Morgan fingerprint density at radius 3 is 1.00 bits per heavy atom. The first kappa shape index (κ1) is 29.6. The topological polar surface area (TPSA) is 0 Å². The maximum atomic E-state index is 3.91. The molecule has 0 N–H and O–H groups in total. The van der Waals surface area contributed by atoms with E-state index in [2.05, 4.69) is 99.7 Å². The fraction of sp³-hybridized carbons (Fsp3) is 0.650. The summed E-state index contributed by atoms with van der Waals surface area (Å²) >= 11 is 0. The Balaban J connectivity index is -0.000000337. The Kier molecular flexibility index (Phi) is 13.4. The molecule has 0 aliphatic heterocycles. The second-order valence-electron chi connectivity index (χ2n) is 10.2. The van der Waals surface area contributed by atoms with Crippen molar-refractivity contribution in [2.75, 3.05) is 0 Å². The van der Waals surface area contributed by atoms with E-state index in [0.29, 0.717) is 0 Å². The van der Waals surface area contributed by atoms with Gasteiger partial charge >= 0.3 is 25.8 Å². The van der Waals surface area contributed by atoms with E-state index in [1.807, 2.05) is 0 Å². The molecule has 138 valence electrons. The second kappa shape index (κ2) is 10.9. The van der Waals surface area contributed by atoms with E-state index in [1.54, 1.807) is 16.3 Å². The molecule has 0 unspecified atom stereocenters. The molecule has 0 heterocycles. The molecular formula is C20H43ScSi3. The van der Waals surface area contributed by atoms with Crippen LogP contribution in [0.2, 0.25) is 58.9 Å². The third-order valence-corrected chi connectivity index (χ3v) is 5.44. The van der Waals surface area contributed by atoms with Gasteiger partial charge in [-0.25, -0.2) is 0 Å². The molecular weight excluding hydrogens is 369 g/mol. The predicted octanol–water partition coefficient (Wildman–Crippen LogP) is 6.58. The summed E-state index contributed by atoms with van der Waals surface area (Å²) in [4.78, 5) is 0. The van der Waals surface area contributed by atoms with Crippen molar-refractivity contribution in [2.24, 2.45) is 0 Å². The molecule has 1 aromatic rings. The number of hydrogen-bond donors (Lipinski definition) is 0. The summed E-state index contributed by atoms with van der Waals surface area (Å²) < 4.78 is 0. The molecule has 0 fully saturated rings. The van der Waals surface area contributed by atoms with E-state index in [0.717, 1.165) is 0 Å². The maximum absolute atomic E-state index is 3.91. The van der Waals surface area contributed by atoms with Crippen molar-refractivity contribution in [1.82, 2.24) is 0 Å². The van der Waals surface area contributed by atoms with Gasteiger partial charge in [-0.15, -0.1) is 16.1 Å². The van der Waals surface area contributed by atoms with Gasteiger partial charge in [0, 0.05) is 0 Å². The Morgan fingerprint density at radius 1 is 0.667 bits per heavy atom.